The van der Waals surface area contributed by atoms with E-state index in [0.717, 1.165) is 64.5 Å². The van der Waals surface area contributed by atoms with E-state index in [0.29, 0.717) is 12.8 Å². The molecule has 2 amide bonds. The topological polar surface area (TPSA) is 185 Å². The first-order chi connectivity index (χ1) is 25.3. The third kappa shape index (κ3) is 35.5. The van der Waals surface area contributed by atoms with Crippen LogP contribution in [0.2, 0.25) is 0 Å². The van der Waals surface area contributed by atoms with Crippen molar-refractivity contribution >= 4 is 45.3 Å². The van der Waals surface area contributed by atoms with Crippen LogP contribution in [-0.4, -0.2) is 70.6 Å². The maximum absolute atomic E-state index is 12.4. The fourth-order valence-electron chi connectivity index (χ4n) is 6.22. The lowest BCUT2D eigenvalue weighted by molar-refractivity contribution is -0.141. The summed E-state index contributed by atoms with van der Waals surface area (Å²) >= 11 is 0. The number of hydrogen-bond acceptors (Lipinski definition) is 8. The Hall–Kier alpha value is -1.50. The van der Waals surface area contributed by atoms with Crippen LogP contribution < -0.4 is 22.1 Å². The molecule has 0 aromatic carbocycles. The first-order valence-electron chi connectivity index (χ1n) is 21.0. The number of nitrogens with one attached hydrogen (secondary N) is 2. The number of aliphatic carboxylic acids is 2. The SMILES string of the molecule is NCCCCCCCCCCCCCCCCC(=O)NC(CSSCC(NC(=O)CCCCCCCCCCCCCCCCN)C(=O)O)C(=O)O. The molecule has 10 nitrogen and oxygen atoms in total. The van der Waals surface area contributed by atoms with Crippen molar-refractivity contribution in [3.63, 3.8) is 0 Å². The fourth-order valence-corrected chi connectivity index (χ4v) is 8.53. The highest BCUT2D eigenvalue weighted by Crippen LogP contribution is 2.23. The molecule has 2 atom stereocenters. The van der Waals surface area contributed by atoms with Gasteiger partial charge in [0.25, 0.3) is 0 Å². The number of carbonyl (C=O) groups excluding carboxylic acids is 2. The van der Waals surface area contributed by atoms with Gasteiger partial charge in [-0.2, -0.15) is 0 Å². The van der Waals surface area contributed by atoms with Crippen LogP contribution in [-0.2, 0) is 19.2 Å². The minimum Gasteiger partial charge on any atom is -0.480 e. The molecular weight excluding hydrogens is 697 g/mol. The average Bonchev–Trinajstić information content (AvgIpc) is 3.12. The minimum absolute atomic E-state index is 0.107. The second kappa shape index (κ2) is 39.2. The van der Waals surface area contributed by atoms with Gasteiger partial charge in [0.1, 0.15) is 12.1 Å². The molecule has 0 aliphatic carbocycles. The van der Waals surface area contributed by atoms with E-state index in [-0.39, 0.29) is 23.3 Å². The zero-order valence-corrected chi connectivity index (χ0v) is 34.3. The Balaban J connectivity index is 3.88. The molecule has 0 saturated heterocycles. The highest BCUT2D eigenvalue weighted by molar-refractivity contribution is 8.76. The Labute approximate surface area is 325 Å². The number of amides is 2. The van der Waals surface area contributed by atoms with E-state index in [4.69, 9.17) is 11.5 Å². The molecule has 0 aliphatic heterocycles. The van der Waals surface area contributed by atoms with Gasteiger partial charge in [0.15, 0.2) is 0 Å². The van der Waals surface area contributed by atoms with Crippen LogP contribution in [0.4, 0.5) is 0 Å². The van der Waals surface area contributed by atoms with Gasteiger partial charge >= 0.3 is 11.9 Å². The Morgan fingerprint density at radius 2 is 0.596 bits per heavy atom. The van der Waals surface area contributed by atoms with Crippen LogP contribution in [0, 0.1) is 0 Å². The molecule has 8 N–H and O–H groups in total. The standard InChI is InChI=1S/C40H78N4O6S2/c41-31-27-23-19-15-11-7-3-1-5-9-13-17-21-25-29-37(45)43-35(39(47)48)33-51-52-34-36(40(49)50)44-38(46)30-26-22-18-14-10-6-2-4-8-12-16-20-24-28-32-42/h35-36H,1-34,41-42H2,(H,43,45)(H,44,46)(H,47,48)(H,49,50). The summed E-state index contributed by atoms with van der Waals surface area (Å²) in [6, 6.07) is -2.09. The van der Waals surface area contributed by atoms with Gasteiger partial charge < -0.3 is 32.3 Å². The summed E-state index contributed by atoms with van der Waals surface area (Å²) in [7, 11) is 2.38. The largest absolute Gasteiger partial charge is 0.480 e. The normalized spacial score (nSPS) is 12.4. The van der Waals surface area contributed by atoms with Crippen LogP contribution >= 0.6 is 21.6 Å². The Kier molecular flexibility index (Phi) is 38.1. The number of rotatable bonds is 41. The lowest BCUT2D eigenvalue weighted by atomic mass is 10.0. The van der Waals surface area contributed by atoms with Crippen molar-refractivity contribution in [3.8, 4) is 0 Å². The smallest absolute Gasteiger partial charge is 0.327 e. The van der Waals surface area contributed by atoms with Gasteiger partial charge in [0.2, 0.25) is 11.8 Å². The van der Waals surface area contributed by atoms with E-state index in [9.17, 15) is 29.4 Å². The maximum Gasteiger partial charge on any atom is 0.327 e. The molecule has 0 spiro atoms. The Morgan fingerprint density at radius 1 is 0.385 bits per heavy atom. The molecule has 0 aromatic heterocycles. The quantitative estimate of drug-likeness (QED) is 0.0259. The minimum atomic E-state index is -1.11. The molecule has 12 heteroatoms. The van der Waals surface area contributed by atoms with Crippen LogP contribution in [0.5, 0.6) is 0 Å². The lowest BCUT2D eigenvalue weighted by Gasteiger charge is -2.16. The third-order valence-corrected chi connectivity index (χ3v) is 12.0. The van der Waals surface area contributed by atoms with Gasteiger partial charge in [-0.3, -0.25) is 9.59 Å². The van der Waals surface area contributed by atoms with Crippen LogP contribution in [0.15, 0.2) is 0 Å². The van der Waals surface area contributed by atoms with Crippen molar-refractivity contribution in [1.29, 1.82) is 0 Å². The van der Waals surface area contributed by atoms with E-state index in [1.165, 1.54) is 150 Å². The van der Waals surface area contributed by atoms with E-state index < -0.39 is 24.0 Å². The molecule has 0 aromatic rings. The lowest BCUT2D eigenvalue weighted by Crippen LogP contribution is -2.43. The van der Waals surface area contributed by atoms with Gasteiger partial charge in [0.05, 0.1) is 0 Å². The number of carboxylic acids is 2. The number of unbranched alkanes of at least 4 members (excludes halogenated alkanes) is 26. The van der Waals surface area contributed by atoms with E-state index >= 15 is 0 Å². The predicted molar refractivity (Wildman–Crippen MR) is 221 cm³/mol. The summed E-state index contributed by atoms with van der Waals surface area (Å²) in [6.07, 6.45) is 34.1. The van der Waals surface area contributed by atoms with Gasteiger partial charge in [0, 0.05) is 24.3 Å². The molecule has 2 unspecified atom stereocenters. The number of hydrogen-bond donors (Lipinski definition) is 6. The van der Waals surface area contributed by atoms with Gasteiger partial charge in [-0.15, -0.1) is 0 Å². The Morgan fingerprint density at radius 3 is 0.808 bits per heavy atom. The summed E-state index contributed by atoms with van der Waals surface area (Å²) in [5.41, 5.74) is 11.1. The van der Waals surface area contributed by atoms with Crippen LogP contribution in [0.3, 0.4) is 0 Å². The van der Waals surface area contributed by atoms with Crippen LogP contribution in [0.25, 0.3) is 0 Å². The number of carboxylic acid groups (broad SMARTS) is 2. The molecule has 0 radical (unpaired) electrons. The van der Waals surface area contributed by atoms with Crippen molar-refractivity contribution in [3.05, 3.63) is 0 Å². The number of carbonyl (C=O) groups is 4. The summed E-state index contributed by atoms with van der Waals surface area (Å²) < 4.78 is 0. The van der Waals surface area contributed by atoms with Crippen molar-refractivity contribution in [2.75, 3.05) is 24.6 Å². The molecule has 0 bridgehead atoms. The fraction of sp³-hybridized carbons (Fsp3) is 0.900. The first kappa shape index (κ1) is 50.5. The van der Waals surface area contributed by atoms with Gasteiger partial charge in [-0.1, -0.05) is 176 Å². The molecule has 306 valence electrons. The molecule has 0 rings (SSSR count). The second-order valence-electron chi connectivity index (χ2n) is 14.5. The molecule has 52 heavy (non-hydrogen) atoms. The van der Waals surface area contributed by atoms with Crippen molar-refractivity contribution in [2.45, 2.75) is 205 Å². The molecule has 0 aliphatic rings. The van der Waals surface area contributed by atoms with E-state index in [1.807, 2.05) is 0 Å². The predicted octanol–water partition coefficient (Wildman–Crippen LogP) is 9.13. The van der Waals surface area contributed by atoms with E-state index in [1.54, 1.807) is 0 Å². The van der Waals surface area contributed by atoms with Crippen LogP contribution in [0.1, 0.15) is 193 Å². The summed E-state index contributed by atoms with van der Waals surface area (Å²) in [5.74, 6) is -2.56. The van der Waals surface area contributed by atoms with Crippen molar-refractivity contribution < 1.29 is 29.4 Å². The third-order valence-electron chi connectivity index (χ3n) is 9.54. The maximum atomic E-state index is 12.4. The highest BCUT2D eigenvalue weighted by atomic mass is 33.1. The van der Waals surface area contributed by atoms with Gasteiger partial charge in [-0.05, 0) is 38.8 Å². The summed E-state index contributed by atoms with van der Waals surface area (Å²) in [4.78, 5) is 48.2. The van der Waals surface area contributed by atoms with E-state index in [2.05, 4.69) is 10.6 Å². The Bertz CT molecular complexity index is 802. The first-order valence-corrected chi connectivity index (χ1v) is 23.5. The zero-order chi connectivity index (χ0) is 38.3. The average molecular weight is 775 g/mol. The molecular formula is C40H78N4O6S2. The van der Waals surface area contributed by atoms with Crippen molar-refractivity contribution in [1.82, 2.24) is 10.6 Å². The van der Waals surface area contributed by atoms with Crippen molar-refractivity contribution in [2.24, 2.45) is 11.5 Å². The highest BCUT2D eigenvalue weighted by Gasteiger charge is 2.23. The molecule has 0 fully saturated rings. The summed E-state index contributed by atoms with van der Waals surface area (Å²) in [6.45, 7) is 1.61. The summed E-state index contributed by atoms with van der Waals surface area (Å²) in [5, 5.41) is 24.4. The monoisotopic (exact) mass is 775 g/mol. The second-order valence-corrected chi connectivity index (χ2v) is 17.0. The number of nitrogens with two attached hydrogens (primary N) is 2. The van der Waals surface area contributed by atoms with Gasteiger partial charge in [-0.25, -0.2) is 9.59 Å². The molecule has 0 heterocycles. The zero-order valence-electron chi connectivity index (χ0n) is 32.7. The molecule has 0 saturated carbocycles.